The first kappa shape index (κ1) is 16.5. The lowest BCUT2D eigenvalue weighted by Gasteiger charge is -2.12. The Kier molecular flexibility index (Phi) is 5.43. The number of sulfonamides is 1. The van der Waals surface area contributed by atoms with Crippen molar-refractivity contribution in [3.05, 3.63) is 18.0 Å². The Morgan fingerprint density at radius 1 is 1.43 bits per heavy atom. The monoisotopic (exact) mass is 315 g/mol. The molecule has 21 heavy (non-hydrogen) atoms. The van der Waals surface area contributed by atoms with Crippen LogP contribution < -0.4 is 10.0 Å². The van der Waals surface area contributed by atoms with Crippen LogP contribution in [-0.4, -0.2) is 39.3 Å². The van der Waals surface area contributed by atoms with Gasteiger partial charge in [-0.25, -0.2) is 13.1 Å². The Labute approximate surface area is 126 Å². The van der Waals surface area contributed by atoms with Crippen LogP contribution >= 0.6 is 0 Å². The topological polar surface area (TPSA) is 72.4 Å². The lowest BCUT2D eigenvalue weighted by Crippen LogP contribution is -2.33. The third-order valence-electron chi connectivity index (χ3n) is 4.01. The van der Waals surface area contributed by atoms with E-state index in [1.807, 2.05) is 18.5 Å². The predicted octanol–water partition coefficient (Wildman–Crippen LogP) is 1.07. The SMILES string of the molecule is CCn1cc(S(=O)(=O)NC2CCC(OC)C2)cc1CNC. The molecule has 2 N–H and O–H groups in total. The highest BCUT2D eigenvalue weighted by molar-refractivity contribution is 7.89. The predicted molar refractivity (Wildman–Crippen MR) is 81.6 cm³/mol. The molecule has 2 unspecified atom stereocenters. The molecule has 1 fully saturated rings. The Morgan fingerprint density at radius 2 is 2.19 bits per heavy atom. The largest absolute Gasteiger partial charge is 0.381 e. The van der Waals surface area contributed by atoms with E-state index in [0.29, 0.717) is 11.4 Å². The van der Waals surface area contributed by atoms with Crippen molar-refractivity contribution in [3.8, 4) is 0 Å². The summed E-state index contributed by atoms with van der Waals surface area (Å²) in [5.41, 5.74) is 0.974. The van der Waals surface area contributed by atoms with Crippen molar-refractivity contribution in [1.29, 1.82) is 0 Å². The molecule has 1 aromatic heterocycles. The number of nitrogens with one attached hydrogen (secondary N) is 2. The van der Waals surface area contributed by atoms with Crippen molar-refractivity contribution >= 4 is 10.0 Å². The standard InChI is InChI=1S/C14H25N3O3S/c1-4-17-10-14(8-12(17)9-15-2)21(18,19)16-11-5-6-13(7-11)20-3/h8,10-11,13,15-16H,4-7,9H2,1-3H3. The van der Waals surface area contributed by atoms with E-state index in [0.717, 1.165) is 31.5 Å². The van der Waals surface area contributed by atoms with Crippen LogP contribution in [0.3, 0.4) is 0 Å². The molecule has 0 amide bonds. The second-order valence-electron chi connectivity index (χ2n) is 5.47. The van der Waals surface area contributed by atoms with Crippen molar-refractivity contribution in [2.45, 2.75) is 56.3 Å². The zero-order chi connectivity index (χ0) is 15.5. The van der Waals surface area contributed by atoms with E-state index in [-0.39, 0.29) is 12.1 Å². The normalized spacial score (nSPS) is 22.8. The van der Waals surface area contributed by atoms with Crippen LogP contribution in [0, 0.1) is 0 Å². The van der Waals surface area contributed by atoms with Gasteiger partial charge in [0.2, 0.25) is 10.0 Å². The van der Waals surface area contributed by atoms with Gasteiger partial charge >= 0.3 is 0 Å². The van der Waals surface area contributed by atoms with Gasteiger partial charge in [-0.2, -0.15) is 0 Å². The Bertz CT molecular complexity index is 568. The quantitative estimate of drug-likeness (QED) is 0.789. The number of nitrogens with zero attached hydrogens (tertiary/aromatic N) is 1. The lowest BCUT2D eigenvalue weighted by molar-refractivity contribution is 0.107. The van der Waals surface area contributed by atoms with E-state index in [9.17, 15) is 8.42 Å². The fraction of sp³-hybridized carbons (Fsp3) is 0.714. The maximum atomic E-state index is 12.5. The molecule has 1 heterocycles. The van der Waals surface area contributed by atoms with Crippen LogP contribution in [0.2, 0.25) is 0 Å². The second-order valence-corrected chi connectivity index (χ2v) is 7.19. The first-order valence-corrected chi connectivity index (χ1v) is 8.87. The molecule has 0 saturated heterocycles. The molecule has 2 atom stereocenters. The highest BCUT2D eigenvalue weighted by Gasteiger charge is 2.29. The highest BCUT2D eigenvalue weighted by atomic mass is 32.2. The summed E-state index contributed by atoms with van der Waals surface area (Å²) in [4.78, 5) is 0.343. The summed E-state index contributed by atoms with van der Waals surface area (Å²) in [6.07, 6.45) is 4.35. The molecule has 0 bridgehead atoms. The minimum absolute atomic E-state index is 0.0299. The van der Waals surface area contributed by atoms with E-state index in [1.165, 1.54) is 0 Å². The third kappa shape index (κ3) is 3.85. The van der Waals surface area contributed by atoms with Crippen molar-refractivity contribution < 1.29 is 13.2 Å². The average Bonchev–Trinajstić information content (AvgIpc) is 3.05. The van der Waals surface area contributed by atoms with Crippen LogP contribution in [0.5, 0.6) is 0 Å². The summed E-state index contributed by atoms with van der Waals surface area (Å²) in [5.74, 6) is 0. The lowest BCUT2D eigenvalue weighted by atomic mass is 10.3. The van der Waals surface area contributed by atoms with Gasteiger partial charge in [0.05, 0.1) is 11.0 Å². The Balaban J connectivity index is 2.12. The number of methoxy groups -OCH3 is 1. The number of rotatable bonds is 7. The van der Waals surface area contributed by atoms with Gasteiger partial charge in [-0.1, -0.05) is 0 Å². The number of hydrogen-bond acceptors (Lipinski definition) is 4. The first-order chi connectivity index (χ1) is 10.00. The molecule has 120 valence electrons. The molecule has 0 aromatic carbocycles. The van der Waals surface area contributed by atoms with Gasteiger partial charge in [0.15, 0.2) is 0 Å². The van der Waals surface area contributed by atoms with Crippen LogP contribution in [0.15, 0.2) is 17.2 Å². The number of ether oxygens (including phenoxy) is 1. The first-order valence-electron chi connectivity index (χ1n) is 7.39. The highest BCUT2D eigenvalue weighted by Crippen LogP contribution is 2.24. The summed E-state index contributed by atoms with van der Waals surface area (Å²) in [5, 5.41) is 3.06. The molecule has 1 aromatic rings. The summed E-state index contributed by atoms with van der Waals surface area (Å²) in [6.45, 7) is 3.41. The van der Waals surface area contributed by atoms with Crippen LogP contribution in [-0.2, 0) is 27.8 Å². The minimum atomic E-state index is -3.46. The number of hydrogen-bond donors (Lipinski definition) is 2. The molecule has 7 heteroatoms. The fourth-order valence-corrected chi connectivity index (χ4v) is 4.19. The smallest absolute Gasteiger partial charge is 0.242 e. The zero-order valence-electron chi connectivity index (χ0n) is 12.9. The Morgan fingerprint density at radius 3 is 2.76 bits per heavy atom. The Hall–Kier alpha value is -0.890. The maximum absolute atomic E-state index is 12.5. The molecule has 0 radical (unpaired) electrons. The van der Waals surface area contributed by atoms with E-state index in [1.54, 1.807) is 19.4 Å². The van der Waals surface area contributed by atoms with Crippen LogP contribution in [0.25, 0.3) is 0 Å². The van der Waals surface area contributed by atoms with Gasteiger partial charge in [-0.3, -0.25) is 0 Å². The summed E-state index contributed by atoms with van der Waals surface area (Å²) in [6, 6.07) is 1.71. The van der Waals surface area contributed by atoms with Crippen molar-refractivity contribution in [2.24, 2.45) is 0 Å². The molecule has 0 aliphatic heterocycles. The van der Waals surface area contributed by atoms with E-state index in [4.69, 9.17) is 4.74 Å². The van der Waals surface area contributed by atoms with E-state index in [2.05, 4.69) is 10.0 Å². The van der Waals surface area contributed by atoms with Crippen LogP contribution in [0.4, 0.5) is 0 Å². The van der Waals surface area contributed by atoms with Gasteiger partial charge in [-0.15, -0.1) is 0 Å². The van der Waals surface area contributed by atoms with Crippen molar-refractivity contribution in [1.82, 2.24) is 14.6 Å². The summed E-state index contributed by atoms with van der Waals surface area (Å²) >= 11 is 0. The molecule has 1 saturated carbocycles. The third-order valence-corrected chi connectivity index (χ3v) is 5.50. The maximum Gasteiger partial charge on any atom is 0.242 e. The molecular weight excluding hydrogens is 290 g/mol. The molecule has 1 aliphatic rings. The molecular formula is C14H25N3O3S. The summed E-state index contributed by atoms with van der Waals surface area (Å²) < 4.78 is 35.0. The van der Waals surface area contributed by atoms with Crippen molar-refractivity contribution in [3.63, 3.8) is 0 Å². The van der Waals surface area contributed by atoms with Gasteiger partial charge in [0.1, 0.15) is 0 Å². The van der Waals surface area contributed by atoms with Crippen LogP contribution in [0.1, 0.15) is 31.9 Å². The van der Waals surface area contributed by atoms with Gasteiger partial charge in [-0.05, 0) is 39.3 Å². The molecule has 2 rings (SSSR count). The summed E-state index contributed by atoms with van der Waals surface area (Å²) in [7, 11) is 0.0640. The molecule has 0 spiro atoms. The van der Waals surface area contributed by atoms with Crippen molar-refractivity contribution in [2.75, 3.05) is 14.2 Å². The molecule has 1 aliphatic carbocycles. The second kappa shape index (κ2) is 6.91. The van der Waals surface area contributed by atoms with Gasteiger partial charge in [0, 0.05) is 38.1 Å². The zero-order valence-corrected chi connectivity index (χ0v) is 13.7. The van der Waals surface area contributed by atoms with E-state index < -0.39 is 10.0 Å². The van der Waals surface area contributed by atoms with E-state index >= 15 is 0 Å². The molecule has 6 nitrogen and oxygen atoms in total. The van der Waals surface area contributed by atoms with Gasteiger partial charge < -0.3 is 14.6 Å². The minimum Gasteiger partial charge on any atom is -0.381 e. The van der Waals surface area contributed by atoms with Gasteiger partial charge in [0.25, 0.3) is 0 Å². The fourth-order valence-electron chi connectivity index (χ4n) is 2.84. The number of aryl methyl sites for hydroxylation is 1. The average molecular weight is 315 g/mol. The number of aromatic nitrogens is 1.